The molecule has 0 aromatic carbocycles. The van der Waals surface area contributed by atoms with Crippen LogP contribution in [0.1, 0.15) is 36.2 Å². The Hall–Kier alpha value is -0.0500. The van der Waals surface area contributed by atoms with Crippen LogP contribution in [0.3, 0.4) is 0 Å². The van der Waals surface area contributed by atoms with Crippen LogP contribution in [-0.4, -0.2) is 6.54 Å². The van der Waals surface area contributed by atoms with Crippen molar-refractivity contribution in [2.75, 3.05) is 6.54 Å². The molecule has 1 aromatic rings. The highest BCUT2D eigenvalue weighted by atomic mass is 35.5. The molecule has 0 aliphatic carbocycles. The van der Waals surface area contributed by atoms with Crippen molar-refractivity contribution in [3.05, 3.63) is 20.8 Å². The summed E-state index contributed by atoms with van der Waals surface area (Å²) in [5.41, 5.74) is 1.45. The van der Waals surface area contributed by atoms with Crippen LogP contribution >= 0.6 is 22.9 Å². The van der Waals surface area contributed by atoms with Gasteiger partial charge in [-0.1, -0.05) is 24.9 Å². The van der Waals surface area contributed by atoms with Crippen LogP contribution in [0.15, 0.2) is 6.07 Å². The Morgan fingerprint density at radius 3 is 3.31 bits per heavy atom. The normalized spacial score (nSPS) is 21.5. The van der Waals surface area contributed by atoms with E-state index in [-0.39, 0.29) is 0 Å². The van der Waals surface area contributed by atoms with Gasteiger partial charge in [-0.15, -0.1) is 11.3 Å². The van der Waals surface area contributed by atoms with Crippen LogP contribution in [-0.2, 0) is 6.42 Å². The average molecular weight is 216 g/mol. The number of halogens is 1. The van der Waals surface area contributed by atoms with Crippen molar-refractivity contribution >= 4 is 22.9 Å². The maximum Gasteiger partial charge on any atom is 0.0934 e. The van der Waals surface area contributed by atoms with E-state index in [0.717, 1.165) is 17.3 Å². The summed E-state index contributed by atoms with van der Waals surface area (Å²) in [5.74, 6) is 0. The largest absolute Gasteiger partial charge is 0.310 e. The van der Waals surface area contributed by atoms with Gasteiger partial charge in [-0.05, 0) is 24.5 Å². The third-order valence-corrected chi connectivity index (χ3v) is 3.85. The number of fused-ring (bicyclic) bond motifs is 1. The number of nitrogens with one attached hydrogen (secondary N) is 1. The van der Waals surface area contributed by atoms with Crippen LogP contribution in [0.25, 0.3) is 0 Å². The molecular formula is C10H14ClNS. The van der Waals surface area contributed by atoms with Gasteiger partial charge in [0.1, 0.15) is 0 Å². The molecule has 0 spiro atoms. The van der Waals surface area contributed by atoms with Crippen LogP contribution in [0.5, 0.6) is 0 Å². The summed E-state index contributed by atoms with van der Waals surface area (Å²) in [6, 6.07) is 2.69. The topological polar surface area (TPSA) is 12.0 Å². The Balaban J connectivity index is 2.25. The maximum atomic E-state index is 6.01. The van der Waals surface area contributed by atoms with Gasteiger partial charge < -0.3 is 5.32 Å². The summed E-state index contributed by atoms with van der Waals surface area (Å²) in [4.78, 5) is 1.49. The molecule has 1 atom stereocenters. The van der Waals surface area contributed by atoms with E-state index in [4.69, 9.17) is 11.6 Å². The first kappa shape index (κ1) is 9.50. The van der Waals surface area contributed by atoms with E-state index >= 15 is 0 Å². The molecule has 1 aliphatic heterocycles. The van der Waals surface area contributed by atoms with E-state index in [1.165, 1.54) is 23.3 Å². The average Bonchev–Trinajstić information content (AvgIpc) is 2.47. The third-order valence-electron chi connectivity index (χ3n) is 2.51. The van der Waals surface area contributed by atoms with Gasteiger partial charge in [0.15, 0.2) is 0 Å². The summed E-state index contributed by atoms with van der Waals surface area (Å²) >= 11 is 7.75. The lowest BCUT2D eigenvalue weighted by Crippen LogP contribution is -2.28. The van der Waals surface area contributed by atoms with Gasteiger partial charge in [-0.25, -0.2) is 0 Å². The number of rotatable bonds is 2. The Labute approximate surface area is 88.1 Å². The lowest BCUT2D eigenvalue weighted by atomic mass is 9.99. The Morgan fingerprint density at radius 1 is 1.69 bits per heavy atom. The minimum Gasteiger partial charge on any atom is -0.310 e. The molecule has 0 amide bonds. The highest BCUT2D eigenvalue weighted by Gasteiger charge is 2.20. The number of hydrogen-bond donors (Lipinski definition) is 1. The summed E-state index contributed by atoms with van der Waals surface area (Å²) in [6.45, 7) is 3.33. The molecule has 1 unspecified atom stereocenters. The SMILES string of the molecule is CCCC1NCCc2sc(Cl)cc21. The Bertz CT molecular complexity index is 295. The predicted molar refractivity (Wildman–Crippen MR) is 58.7 cm³/mol. The van der Waals surface area contributed by atoms with E-state index in [2.05, 4.69) is 18.3 Å². The van der Waals surface area contributed by atoms with Crippen molar-refractivity contribution in [3.8, 4) is 0 Å². The summed E-state index contributed by atoms with van der Waals surface area (Å²) in [6.07, 6.45) is 3.59. The molecule has 0 saturated carbocycles. The fourth-order valence-corrected chi connectivity index (χ4v) is 3.26. The molecule has 0 saturated heterocycles. The van der Waals surface area contributed by atoms with Gasteiger partial charge in [-0.2, -0.15) is 0 Å². The van der Waals surface area contributed by atoms with E-state index in [0.29, 0.717) is 6.04 Å². The first-order chi connectivity index (χ1) is 6.31. The van der Waals surface area contributed by atoms with E-state index in [1.807, 2.05) is 0 Å². The molecule has 3 heteroatoms. The molecule has 1 N–H and O–H groups in total. The molecule has 1 aromatic heterocycles. The summed E-state index contributed by atoms with van der Waals surface area (Å²) in [5, 5.41) is 3.54. The lowest BCUT2D eigenvalue weighted by molar-refractivity contribution is 0.475. The molecule has 2 heterocycles. The highest BCUT2D eigenvalue weighted by molar-refractivity contribution is 7.16. The molecule has 1 aliphatic rings. The first-order valence-electron chi connectivity index (χ1n) is 4.82. The zero-order chi connectivity index (χ0) is 9.26. The Kier molecular flexibility index (Phi) is 2.92. The zero-order valence-electron chi connectivity index (χ0n) is 7.77. The molecular weight excluding hydrogens is 202 g/mol. The highest BCUT2D eigenvalue weighted by Crippen LogP contribution is 2.35. The van der Waals surface area contributed by atoms with Crippen molar-refractivity contribution in [2.24, 2.45) is 0 Å². The minimum atomic E-state index is 0.553. The monoisotopic (exact) mass is 215 g/mol. The van der Waals surface area contributed by atoms with E-state index in [9.17, 15) is 0 Å². The number of hydrogen-bond acceptors (Lipinski definition) is 2. The second-order valence-electron chi connectivity index (χ2n) is 3.47. The molecule has 0 fully saturated rings. The van der Waals surface area contributed by atoms with Gasteiger partial charge in [0.2, 0.25) is 0 Å². The van der Waals surface area contributed by atoms with Crippen molar-refractivity contribution in [3.63, 3.8) is 0 Å². The van der Waals surface area contributed by atoms with Gasteiger partial charge in [0.25, 0.3) is 0 Å². The predicted octanol–water partition coefficient (Wildman–Crippen LogP) is 3.39. The Morgan fingerprint density at radius 2 is 2.54 bits per heavy atom. The lowest BCUT2D eigenvalue weighted by Gasteiger charge is -2.23. The van der Waals surface area contributed by atoms with Crippen LogP contribution in [0, 0.1) is 0 Å². The second-order valence-corrected chi connectivity index (χ2v) is 5.24. The zero-order valence-corrected chi connectivity index (χ0v) is 9.34. The first-order valence-corrected chi connectivity index (χ1v) is 6.02. The van der Waals surface area contributed by atoms with E-state index < -0.39 is 0 Å². The van der Waals surface area contributed by atoms with Crippen molar-refractivity contribution in [1.82, 2.24) is 5.32 Å². The van der Waals surface area contributed by atoms with Crippen LogP contribution in [0.2, 0.25) is 4.34 Å². The summed E-state index contributed by atoms with van der Waals surface area (Å²) in [7, 11) is 0. The molecule has 0 bridgehead atoms. The summed E-state index contributed by atoms with van der Waals surface area (Å²) < 4.78 is 0.940. The fourth-order valence-electron chi connectivity index (χ4n) is 1.92. The van der Waals surface area contributed by atoms with Gasteiger partial charge in [0, 0.05) is 17.5 Å². The van der Waals surface area contributed by atoms with Crippen molar-refractivity contribution in [2.45, 2.75) is 32.2 Å². The molecule has 2 rings (SSSR count). The minimum absolute atomic E-state index is 0.553. The standard InChI is InChI=1S/C10H14ClNS/c1-2-3-8-7-6-10(11)13-9(7)4-5-12-8/h6,8,12H,2-5H2,1H3. The number of thiophene rings is 1. The molecule has 13 heavy (non-hydrogen) atoms. The quantitative estimate of drug-likeness (QED) is 0.798. The van der Waals surface area contributed by atoms with Crippen LogP contribution < -0.4 is 5.32 Å². The van der Waals surface area contributed by atoms with Gasteiger partial charge >= 0.3 is 0 Å². The molecule has 0 radical (unpaired) electrons. The van der Waals surface area contributed by atoms with E-state index in [1.54, 1.807) is 11.3 Å². The van der Waals surface area contributed by atoms with Crippen LogP contribution in [0.4, 0.5) is 0 Å². The second kappa shape index (κ2) is 3.99. The van der Waals surface area contributed by atoms with Gasteiger partial charge in [0.05, 0.1) is 4.34 Å². The smallest absolute Gasteiger partial charge is 0.0934 e. The van der Waals surface area contributed by atoms with Crippen molar-refractivity contribution in [1.29, 1.82) is 0 Å². The van der Waals surface area contributed by atoms with Crippen molar-refractivity contribution < 1.29 is 0 Å². The molecule has 72 valence electrons. The molecule has 1 nitrogen and oxygen atoms in total. The van der Waals surface area contributed by atoms with Gasteiger partial charge in [-0.3, -0.25) is 0 Å². The fraction of sp³-hybridized carbons (Fsp3) is 0.600. The third kappa shape index (κ3) is 1.90. The maximum absolute atomic E-state index is 6.01.